The largest absolute Gasteiger partial charge is 0.304 e. The van der Waals surface area contributed by atoms with Crippen LogP contribution in [0.4, 0.5) is 4.39 Å². The minimum Gasteiger partial charge on any atom is -0.304 e. The molecule has 1 unspecified atom stereocenters. The van der Waals surface area contributed by atoms with Gasteiger partial charge in [0.15, 0.2) is 0 Å². The first-order valence-corrected chi connectivity index (χ1v) is 13.4. The summed E-state index contributed by atoms with van der Waals surface area (Å²) < 4.78 is 13.6. The van der Waals surface area contributed by atoms with E-state index < -0.39 is 5.67 Å². The molecule has 0 aromatic carbocycles. The van der Waals surface area contributed by atoms with Crippen LogP contribution >= 0.6 is 0 Å². The van der Waals surface area contributed by atoms with Crippen molar-refractivity contribution in [1.82, 2.24) is 4.90 Å². The number of halogens is 1. The van der Waals surface area contributed by atoms with Gasteiger partial charge in [-0.1, -0.05) is 97.1 Å². The first-order chi connectivity index (χ1) is 14.3. The molecule has 180 valence electrons. The highest BCUT2D eigenvalue weighted by Gasteiger charge is 2.15. The topological polar surface area (TPSA) is 3.24 Å². The van der Waals surface area contributed by atoms with Gasteiger partial charge < -0.3 is 4.90 Å². The summed E-state index contributed by atoms with van der Waals surface area (Å²) in [5, 5.41) is 0. The van der Waals surface area contributed by atoms with Gasteiger partial charge in [0.25, 0.3) is 0 Å². The smallest absolute Gasteiger partial charge is 0.105 e. The van der Waals surface area contributed by atoms with Crippen LogP contribution in [0.25, 0.3) is 0 Å². The Morgan fingerprint density at radius 3 is 1.93 bits per heavy atom. The van der Waals surface area contributed by atoms with Crippen LogP contribution in [0.5, 0.6) is 0 Å². The molecule has 0 saturated carbocycles. The third-order valence-electron chi connectivity index (χ3n) is 6.60. The van der Waals surface area contributed by atoms with E-state index in [1.807, 2.05) is 0 Å². The van der Waals surface area contributed by atoms with Crippen molar-refractivity contribution < 1.29 is 4.39 Å². The van der Waals surface area contributed by atoms with E-state index in [-0.39, 0.29) is 0 Å². The Morgan fingerprint density at radius 1 is 0.800 bits per heavy atom. The normalized spacial score (nSPS) is 13.2. The molecule has 1 atom stereocenters. The first kappa shape index (κ1) is 29.6. The molecule has 2 heteroatoms. The molecule has 0 spiro atoms. The van der Waals surface area contributed by atoms with E-state index in [1.165, 1.54) is 102 Å². The van der Waals surface area contributed by atoms with Crippen LogP contribution in [-0.2, 0) is 0 Å². The molecule has 0 aromatic rings. The van der Waals surface area contributed by atoms with E-state index in [0.717, 1.165) is 19.5 Å². The van der Waals surface area contributed by atoms with Gasteiger partial charge in [-0.05, 0) is 77.9 Å². The second-order valence-electron chi connectivity index (χ2n) is 10.2. The SMILES string of the molecule is C=C(CCCCCCCN(CC)CCCC(C)(C)F)C(C)CCCCCCCCC. The van der Waals surface area contributed by atoms with Crippen LogP contribution in [0.2, 0.25) is 0 Å². The summed E-state index contributed by atoms with van der Waals surface area (Å²) >= 11 is 0. The highest BCUT2D eigenvalue weighted by Crippen LogP contribution is 2.22. The molecule has 0 aliphatic rings. The Hall–Kier alpha value is -0.370. The lowest BCUT2D eigenvalue weighted by molar-refractivity contribution is 0.181. The molecule has 0 aromatic heterocycles. The Balaban J connectivity index is 3.57. The fourth-order valence-electron chi connectivity index (χ4n) is 4.23. The lowest BCUT2D eigenvalue weighted by Crippen LogP contribution is -2.27. The molecule has 0 N–H and O–H groups in total. The van der Waals surface area contributed by atoms with Crippen LogP contribution in [0, 0.1) is 5.92 Å². The average molecular weight is 426 g/mol. The monoisotopic (exact) mass is 425 g/mol. The molecular formula is C28H56FN. The molecule has 30 heavy (non-hydrogen) atoms. The summed E-state index contributed by atoms with van der Waals surface area (Å²) in [6.07, 6.45) is 20.6. The standard InChI is InChI=1S/C28H56FN/c1-7-9-10-11-12-14-17-21-26(3)27(4)22-18-15-13-16-19-24-30(8-2)25-20-23-28(5,6)29/h26H,4,7-25H2,1-3,5-6H3. The molecule has 0 heterocycles. The highest BCUT2D eigenvalue weighted by atomic mass is 19.1. The van der Waals surface area contributed by atoms with E-state index >= 15 is 0 Å². The number of allylic oxidation sites excluding steroid dienone is 1. The second kappa shape index (κ2) is 19.3. The van der Waals surface area contributed by atoms with Crippen LogP contribution in [0.3, 0.4) is 0 Å². The Kier molecular flexibility index (Phi) is 19.1. The van der Waals surface area contributed by atoms with Gasteiger partial charge in [0.1, 0.15) is 5.67 Å². The zero-order valence-corrected chi connectivity index (χ0v) is 21.5. The summed E-state index contributed by atoms with van der Waals surface area (Å²) in [5.41, 5.74) is 0.462. The third-order valence-corrected chi connectivity index (χ3v) is 6.60. The number of alkyl halides is 1. The number of nitrogens with zero attached hydrogens (tertiary/aromatic N) is 1. The quantitative estimate of drug-likeness (QED) is 0.123. The zero-order valence-electron chi connectivity index (χ0n) is 21.5. The predicted octanol–water partition coefficient (Wildman–Crippen LogP) is 9.51. The summed E-state index contributed by atoms with van der Waals surface area (Å²) in [7, 11) is 0. The van der Waals surface area contributed by atoms with E-state index in [0.29, 0.717) is 12.3 Å². The molecule has 0 fully saturated rings. The predicted molar refractivity (Wildman–Crippen MR) is 135 cm³/mol. The molecular weight excluding hydrogens is 369 g/mol. The van der Waals surface area contributed by atoms with Gasteiger partial charge in [-0.2, -0.15) is 0 Å². The maximum absolute atomic E-state index is 13.6. The fourth-order valence-corrected chi connectivity index (χ4v) is 4.23. The molecule has 0 amide bonds. The number of hydrogen-bond donors (Lipinski definition) is 0. The summed E-state index contributed by atoms with van der Waals surface area (Å²) in [5.74, 6) is 0.702. The van der Waals surface area contributed by atoms with Crippen molar-refractivity contribution in [3.05, 3.63) is 12.2 Å². The Bertz CT molecular complexity index is 385. The molecule has 0 rings (SSSR count). The van der Waals surface area contributed by atoms with Gasteiger partial charge in [-0.25, -0.2) is 4.39 Å². The van der Waals surface area contributed by atoms with E-state index in [9.17, 15) is 4.39 Å². The van der Waals surface area contributed by atoms with Gasteiger partial charge in [0.2, 0.25) is 0 Å². The zero-order chi connectivity index (χ0) is 22.7. The maximum Gasteiger partial charge on any atom is 0.105 e. The van der Waals surface area contributed by atoms with Crippen molar-refractivity contribution in [2.45, 2.75) is 143 Å². The van der Waals surface area contributed by atoms with Crippen molar-refractivity contribution in [2.75, 3.05) is 19.6 Å². The molecule has 0 saturated heterocycles. The van der Waals surface area contributed by atoms with Gasteiger partial charge in [-0.3, -0.25) is 0 Å². The average Bonchev–Trinajstić information content (AvgIpc) is 2.69. The highest BCUT2D eigenvalue weighted by molar-refractivity contribution is 4.98. The third kappa shape index (κ3) is 19.6. The van der Waals surface area contributed by atoms with Crippen LogP contribution in [0.1, 0.15) is 137 Å². The van der Waals surface area contributed by atoms with Gasteiger partial charge >= 0.3 is 0 Å². The maximum atomic E-state index is 13.6. The van der Waals surface area contributed by atoms with E-state index in [4.69, 9.17) is 0 Å². The van der Waals surface area contributed by atoms with Gasteiger partial charge in [0, 0.05) is 0 Å². The van der Waals surface area contributed by atoms with Gasteiger partial charge in [-0.15, -0.1) is 0 Å². The van der Waals surface area contributed by atoms with Crippen molar-refractivity contribution >= 4 is 0 Å². The molecule has 0 bridgehead atoms. The van der Waals surface area contributed by atoms with Gasteiger partial charge in [0.05, 0.1) is 0 Å². The minimum atomic E-state index is -1.02. The Morgan fingerprint density at radius 2 is 1.33 bits per heavy atom. The molecule has 0 radical (unpaired) electrons. The Labute approximate surface area is 190 Å². The summed E-state index contributed by atoms with van der Waals surface area (Å²) in [6.45, 7) is 17.9. The van der Waals surface area contributed by atoms with Crippen molar-refractivity contribution in [2.24, 2.45) is 5.92 Å². The molecule has 1 nitrogen and oxygen atoms in total. The number of rotatable bonds is 22. The molecule has 0 aliphatic heterocycles. The van der Waals surface area contributed by atoms with Crippen LogP contribution < -0.4 is 0 Å². The van der Waals surface area contributed by atoms with Crippen molar-refractivity contribution in [3.8, 4) is 0 Å². The number of unbranched alkanes of at least 4 members (excludes halogenated alkanes) is 10. The van der Waals surface area contributed by atoms with Crippen LogP contribution in [-0.4, -0.2) is 30.2 Å². The van der Waals surface area contributed by atoms with Crippen molar-refractivity contribution in [1.29, 1.82) is 0 Å². The second-order valence-corrected chi connectivity index (χ2v) is 10.2. The summed E-state index contributed by atoms with van der Waals surface area (Å²) in [6, 6.07) is 0. The first-order valence-electron chi connectivity index (χ1n) is 13.4. The number of hydrogen-bond acceptors (Lipinski definition) is 1. The lowest BCUT2D eigenvalue weighted by Gasteiger charge is -2.22. The minimum absolute atomic E-state index is 0.671. The fraction of sp³-hybridized carbons (Fsp3) is 0.929. The lowest BCUT2D eigenvalue weighted by atomic mass is 9.92. The van der Waals surface area contributed by atoms with Crippen LogP contribution in [0.15, 0.2) is 12.2 Å². The van der Waals surface area contributed by atoms with Crippen molar-refractivity contribution in [3.63, 3.8) is 0 Å². The van der Waals surface area contributed by atoms with E-state index in [2.05, 4.69) is 32.3 Å². The van der Waals surface area contributed by atoms with E-state index in [1.54, 1.807) is 13.8 Å². The summed E-state index contributed by atoms with van der Waals surface area (Å²) in [4.78, 5) is 2.49. The molecule has 0 aliphatic carbocycles.